The molecule has 0 saturated carbocycles. The maximum absolute atomic E-state index is 12.5. The van der Waals surface area contributed by atoms with Crippen LogP contribution in [0.1, 0.15) is 43.1 Å². The summed E-state index contributed by atoms with van der Waals surface area (Å²) in [6, 6.07) is 15.8. The Kier molecular flexibility index (Phi) is 7.89. The van der Waals surface area contributed by atoms with E-state index in [0.29, 0.717) is 5.56 Å². The van der Waals surface area contributed by atoms with Crippen LogP contribution in [0.2, 0.25) is 0 Å². The van der Waals surface area contributed by atoms with Gasteiger partial charge in [0.15, 0.2) is 0 Å². The highest BCUT2D eigenvalue weighted by atomic mass is 32.1. The van der Waals surface area contributed by atoms with Crippen LogP contribution >= 0.6 is 11.3 Å². The van der Waals surface area contributed by atoms with Crippen LogP contribution in [0.3, 0.4) is 0 Å². The standard InChI is InChI=1S/C19H16N2O3S.C3H8/c1-2-13-5-7-14(8-6-13)19(22)20-16-12-15(18-4-3-11-25-18)9-10-17(16)21(23)24;1-3-2/h3-12H,2H2,1H3,(H,20,22);3H2,1-2H3. The van der Waals surface area contributed by atoms with Crippen molar-refractivity contribution < 1.29 is 9.72 Å². The van der Waals surface area contributed by atoms with E-state index in [1.165, 1.54) is 23.8 Å². The monoisotopic (exact) mass is 396 g/mol. The number of carbonyl (C=O) groups excluding carboxylic acids is 1. The zero-order chi connectivity index (χ0) is 20.5. The predicted molar refractivity (Wildman–Crippen MR) is 116 cm³/mol. The first-order chi connectivity index (χ1) is 13.5. The van der Waals surface area contributed by atoms with Crippen LogP contribution in [0.15, 0.2) is 60.0 Å². The number of nitro benzene ring substituents is 1. The van der Waals surface area contributed by atoms with E-state index < -0.39 is 4.92 Å². The third-order valence-electron chi connectivity index (χ3n) is 3.87. The molecule has 0 unspecified atom stereocenters. The largest absolute Gasteiger partial charge is 0.316 e. The zero-order valence-corrected chi connectivity index (χ0v) is 17.1. The Balaban J connectivity index is 0.000000878. The summed E-state index contributed by atoms with van der Waals surface area (Å²) < 4.78 is 0. The normalized spacial score (nSPS) is 9.96. The number of anilines is 1. The molecule has 1 heterocycles. The summed E-state index contributed by atoms with van der Waals surface area (Å²) in [7, 11) is 0. The summed E-state index contributed by atoms with van der Waals surface area (Å²) >= 11 is 1.54. The average Bonchev–Trinajstić information content (AvgIpc) is 3.23. The van der Waals surface area contributed by atoms with Gasteiger partial charge in [0, 0.05) is 16.5 Å². The van der Waals surface area contributed by atoms with Crippen molar-refractivity contribution in [2.24, 2.45) is 0 Å². The molecule has 3 rings (SSSR count). The molecule has 0 aliphatic rings. The summed E-state index contributed by atoms with van der Waals surface area (Å²) in [6.07, 6.45) is 2.14. The number of nitrogens with zero attached hydrogens (tertiary/aromatic N) is 1. The van der Waals surface area contributed by atoms with E-state index in [9.17, 15) is 14.9 Å². The SMILES string of the molecule is CCC.CCc1ccc(C(=O)Nc2cc(-c3cccs3)ccc2[N+](=O)[O-])cc1. The molecule has 0 bridgehead atoms. The van der Waals surface area contributed by atoms with Gasteiger partial charge in [-0.15, -0.1) is 11.3 Å². The highest BCUT2D eigenvalue weighted by molar-refractivity contribution is 7.13. The van der Waals surface area contributed by atoms with Gasteiger partial charge in [0.2, 0.25) is 0 Å². The van der Waals surface area contributed by atoms with Gasteiger partial charge in [-0.1, -0.05) is 45.4 Å². The fraction of sp³-hybridized carbons (Fsp3) is 0.227. The summed E-state index contributed by atoms with van der Waals surface area (Å²) in [4.78, 5) is 24.2. The lowest BCUT2D eigenvalue weighted by molar-refractivity contribution is -0.383. The molecule has 5 nitrogen and oxygen atoms in total. The molecule has 146 valence electrons. The average molecular weight is 397 g/mol. The number of carbonyl (C=O) groups is 1. The minimum Gasteiger partial charge on any atom is -0.316 e. The highest BCUT2D eigenvalue weighted by Crippen LogP contribution is 2.32. The summed E-state index contributed by atoms with van der Waals surface area (Å²) in [5.41, 5.74) is 2.49. The molecule has 2 aromatic carbocycles. The van der Waals surface area contributed by atoms with E-state index in [-0.39, 0.29) is 17.3 Å². The third kappa shape index (κ3) is 5.50. The van der Waals surface area contributed by atoms with Gasteiger partial charge in [0.05, 0.1) is 4.92 Å². The second kappa shape index (κ2) is 10.4. The van der Waals surface area contributed by atoms with Crippen LogP contribution in [0.5, 0.6) is 0 Å². The van der Waals surface area contributed by atoms with Crippen LogP contribution in [-0.2, 0) is 6.42 Å². The number of thiophene rings is 1. The number of hydrogen-bond donors (Lipinski definition) is 1. The van der Waals surface area contributed by atoms with E-state index in [1.807, 2.05) is 36.6 Å². The van der Waals surface area contributed by atoms with Crippen molar-refractivity contribution in [3.05, 3.63) is 81.2 Å². The van der Waals surface area contributed by atoms with Crippen molar-refractivity contribution in [2.75, 3.05) is 5.32 Å². The minimum absolute atomic E-state index is 0.126. The molecule has 1 amide bonds. The fourth-order valence-electron chi connectivity index (χ4n) is 2.48. The fourth-order valence-corrected chi connectivity index (χ4v) is 3.20. The quantitative estimate of drug-likeness (QED) is 0.392. The Morgan fingerprint density at radius 1 is 1.07 bits per heavy atom. The van der Waals surface area contributed by atoms with Crippen molar-refractivity contribution in [2.45, 2.75) is 33.6 Å². The lowest BCUT2D eigenvalue weighted by Gasteiger charge is -2.08. The van der Waals surface area contributed by atoms with E-state index in [2.05, 4.69) is 19.2 Å². The Morgan fingerprint density at radius 2 is 1.75 bits per heavy atom. The smallest absolute Gasteiger partial charge is 0.292 e. The lowest BCUT2D eigenvalue weighted by Crippen LogP contribution is -2.13. The third-order valence-corrected chi connectivity index (χ3v) is 4.79. The van der Waals surface area contributed by atoms with Crippen LogP contribution in [0.4, 0.5) is 11.4 Å². The number of nitrogens with one attached hydrogen (secondary N) is 1. The molecule has 1 N–H and O–H groups in total. The Hall–Kier alpha value is -2.99. The molecular formula is C22H24N2O3S. The molecule has 3 aromatic rings. The van der Waals surface area contributed by atoms with Crippen molar-refractivity contribution in [1.82, 2.24) is 0 Å². The molecule has 0 aliphatic carbocycles. The first kappa shape index (κ1) is 21.3. The van der Waals surface area contributed by atoms with Gasteiger partial charge in [-0.25, -0.2) is 0 Å². The molecule has 0 radical (unpaired) electrons. The van der Waals surface area contributed by atoms with Gasteiger partial charge in [-0.05, 0) is 53.3 Å². The molecule has 1 aromatic heterocycles. The molecule has 6 heteroatoms. The van der Waals surface area contributed by atoms with Gasteiger partial charge in [0.25, 0.3) is 11.6 Å². The minimum atomic E-state index is -0.492. The van der Waals surface area contributed by atoms with E-state index in [0.717, 1.165) is 22.4 Å². The predicted octanol–water partition coefficient (Wildman–Crippen LogP) is 6.55. The molecule has 0 fully saturated rings. The molecule has 0 atom stereocenters. The van der Waals surface area contributed by atoms with Crippen molar-refractivity contribution >= 4 is 28.6 Å². The number of amides is 1. The van der Waals surface area contributed by atoms with Gasteiger partial charge >= 0.3 is 0 Å². The maximum atomic E-state index is 12.5. The van der Waals surface area contributed by atoms with Gasteiger partial charge in [0.1, 0.15) is 5.69 Å². The van der Waals surface area contributed by atoms with Crippen LogP contribution in [0, 0.1) is 10.1 Å². The second-order valence-corrected chi connectivity index (χ2v) is 7.13. The van der Waals surface area contributed by atoms with Crippen molar-refractivity contribution in [3.63, 3.8) is 0 Å². The molecular weight excluding hydrogens is 372 g/mol. The Morgan fingerprint density at radius 3 is 2.29 bits per heavy atom. The highest BCUT2D eigenvalue weighted by Gasteiger charge is 2.18. The number of benzene rings is 2. The molecule has 0 aliphatic heterocycles. The van der Waals surface area contributed by atoms with Crippen LogP contribution in [-0.4, -0.2) is 10.8 Å². The van der Waals surface area contributed by atoms with Gasteiger partial charge < -0.3 is 5.32 Å². The second-order valence-electron chi connectivity index (χ2n) is 6.18. The topological polar surface area (TPSA) is 72.2 Å². The van der Waals surface area contributed by atoms with Crippen molar-refractivity contribution in [1.29, 1.82) is 0 Å². The zero-order valence-electron chi connectivity index (χ0n) is 16.3. The lowest BCUT2D eigenvalue weighted by atomic mass is 10.1. The first-order valence-electron chi connectivity index (χ1n) is 9.22. The van der Waals surface area contributed by atoms with Crippen LogP contribution in [0.25, 0.3) is 10.4 Å². The van der Waals surface area contributed by atoms with E-state index in [1.54, 1.807) is 24.3 Å². The number of hydrogen-bond acceptors (Lipinski definition) is 4. The van der Waals surface area contributed by atoms with E-state index >= 15 is 0 Å². The molecule has 28 heavy (non-hydrogen) atoms. The summed E-state index contributed by atoms with van der Waals surface area (Å²) in [5, 5.41) is 15.9. The maximum Gasteiger partial charge on any atom is 0.292 e. The first-order valence-corrected chi connectivity index (χ1v) is 10.1. The Labute approximate surface area is 169 Å². The number of aryl methyl sites for hydroxylation is 1. The van der Waals surface area contributed by atoms with Gasteiger partial charge in [-0.3, -0.25) is 14.9 Å². The van der Waals surface area contributed by atoms with E-state index in [4.69, 9.17) is 0 Å². The number of rotatable bonds is 5. The summed E-state index contributed by atoms with van der Waals surface area (Å²) in [5.74, 6) is -0.367. The van der Waals surface area contributed by atoms with Gasteiger partial charge in [-0.2, -0.15) is 0 Å². The van der Waals surface area contributed by atoms with Crippen LogP contribution < -0.4 is 5.32 Å². The molecule has 0 saturated heterocycles. The van der Waals surface area contributed by atoms with Crippen molar-refractivity contribution in [3.8, 4) is 10.4 Å². The Bertz CT molecular complexity index is 919. The number of nitro groups is 1. The summed E-state index contributed by atoms with van der Waals surface area (Å²) in [6.45, 7) is 6.29. The molecule has 0 spiro atoms.